The molecule has 0 aliphatic carbocycles. The highest BCUT2D eigenvalue weighted by Gasteiger charge is 2.17. The molecule has 1 aromatic rings. The zero-order valence-electron chi connectivity index (χ0n) is 8.34. The molecule has 0 saturated carbocycles. The third-order valence-electron chi connectivity index (χ3n) is 1.74. The van der Waals surface area contributed by atoms with E-state index in [1.54, 1.807) is 0 Å². The van der Waals surface area contributed by atoms with Crippen LogP contribution in [0.3, 0.4) is 0 Å². The average Bonchev–Trinajstić information content (AvgIpc) is 2.24. The van der Waals surface area contributed by atoms with Crippen LogP contribution in [-0.4, -0.2) is 34.9 Å². The summed E-state index contributed by atoms with van der Waals surface area (Å²) in [5.74, 6) is -1.10. The highest BCUT2D eigenvalue weighted by atomic mass is 16.2. The lowest BCUT2D eigenvalue weighted by Gasteiger charge is -2.19. The Balaban J connectivity index is 3.05. The summed E-state index contributed by atoms with van der Waals surface area (Å²) in [6.07, 6.45) is 1.21. The summed E-state index contributed by atoms with van der Waals surface area (Å²) in [5, 5.41) is 0. The van der Waals surface area contributed by atoms with Crippen LogP contribution in [0.4, 0.5) is 5.82 Å². The molecular formula is C8H11N5O3. The van der Waals surface area contributed by atoms with E-state index in [0.29, 0.717) is 0 Å². The van der Waals surface area contributed by atoms with Crippen LogP contribution < -0.4 is 22.1 Å². The molecule has 8 nitrogen and oxygen atoms in total. The molecule has 86 valence electrons. The van der Waals surface area contributed by atoms with Gasteiger partial charge in [0, 0.05) is 6.20 Å². The van der Waals surface area contributed by atoms with E-state index in [-0.39, 0.29) is 18.9 Å². The Morgan fingerprint density at radius 2 is 2.19 bits per heavy atom. The quantitative estimate of drug-likeness (QED) is 0.522. The maximum absolute atomic E-state index is 11.4. The number of aromatic amines is 1. The Bertz CT molecular complexity index is 455. The van der Waals surface area contributed by atoms with Crippen LogP contribution in [-0.2, 0) is 9.59 Å². The molecule has 0 radical (unpaired) electrons. The van der Waals surface area contributed by atoms with Crippen LogP contribution >= 0.6 is 0 Å². The number of hydrogen-bond acceptors (Lipinski definition) is 5. The lowest BCUT2D eigenvalue weighted by molar-refractivity contribution is -0.121. The lowest BCUT2D eigenvalue weighted by Crippen LogP contribution is -2.42. The third kappa shape index (κ3) is 2.89. The smallest absolute Gasteiger partial charge is 0.346 e. The van der Waals surface area contributed by atoms with Crippen molar-refractivity contribution in [2.45, 2.75) is 0 Å². The number of hydrogen-bond donors (Lipinski definition) is 3. The van der Waals surface area contributed by atoms with Crippen molar-refractivity contribution in [3.63, 3.8) is 0 Å². The summed E-state index contributed by atoms with van der Waals surface area (Å²) in [6.45, 7) is -0.645. The Hall–Kier alpha value is -2.22. The normalized spacial score (nSPS) is 9.81. The summed E-state index contributed by atoms with van der Waals surface area (Å²) in [7, 11) is 0. The molecule has 0 spiro atoms. The van der Waals surface area contributed by atoms with Crippen molar-refractivity contribution in [2.24, 2.45) is 11.5 Å². The monoisotopic (exact) mass is 225 g/mol. The molecule has 0 aliphatic rings. The van der Waals surface area contributed by atoms with Crippen molar-refractivity contribution in [2.75, 3.05) is 18.0 Å². The fourth-order valence-corrected chi connectivity index (χ4v) is 1.09. The van der Waals surface area contributed by atoms with E-state index in [1.165, 1.54) is 12.3 Å². The first kappa shape index (κ1) is 11.9. The summed E-state index contributed by atoms with van der Waals surface area (Å²) in [5.41, 5.74) is 9.53. The van der Waals surface area contributed by atoms with Gasteiger partial charge >= 0.3 is 5.69 Å². The molecular weight excluding hydrogens is 214 g/mol. The van der Waals surface area contributed by atoms with E-state index < -0.39 is 17.5 Å². The average molecular weight is 225 g/mol. The fourth-order valence-electron chi connectivity index (χ4n) is 1.09. The second-order valence-electron chi connectivity index (χ2n) is 2.91. The zero-order chi connectivity index (χ0) is 12.1. The Kier molecular flexibility index (Phi) is 3.72. The molecule has 1 rings (SSSR count). The highest BCUT2D eigenvalue weighted by Crippen LogP contribution is 2.06. The number of anilines is 1. The van der Waals surface area contributed by atoms with Crippen LogP contribution in [0, 0.1) is 0 Å². The van der Waals surface area contributed by atoms with Crippen molar-refractivity contribution in [1.82, 2.24) is 9.97 Å². The largest absolute Gasteiger partial charge is 0.368 e. The Morgan fingerprint density at radius 3 is 2.69 bits per heavy atom. The Labute approximate surface area is 90.3 Å². The standard InChI is InChI=1S/C8H11N5O3/c9-3-7(15)13(4-5(10)14)6-1-2-11-8(16)12-6/h1-2H,3-4,9H2,(H2,10,14)(H,11,12,16). The second kappa shape index (κ2) is 5.03. The molecule has 5 N–H and O–H groups in total. The summed E-state index contributed by atoms with van der Waals surface area (Å²) < 4.78 is 0. The number of rotatable bonds is 4. The van der Waals surface area contributed by atoms with Gasteiger partial charge in [0.1, 0.15) is 12.4 Å². The summed E-state index contributed by atoms with van der Waals surface area (Å²) in [4.78, 5) is 39.8. The number of carbonyl (C=O) groups is 2. The number of aromatic nitrogens is 2. The first-order valence-corrected chi connectivity index (χ1v) is 4.38. The maximum atomic E-state index is 11.4. The molecule has 0 bridgehead atoms. The molecule has 1 aromatic heterocycles. The van der Waals surface area contributed by atoms with Gasteiger partial charge in [0.2, 0.25) is 11.8 Å². The number of amides is 2. The topological polar surface area (TPSA) is 135 Å². The first-order chi connectivity index (χ1) is 7.54. The predicted octanol–water partition coefficient (Wildman–Crippen LogP) is -2.45. The molecule has 0 fully saturated rings. The maximum Gasteiger partial charge on any atom is 0.346 e. The second-order valence-corrected chi connectivity index (χ2v) is 2.91. The fraction of sp³-hybridized carbons (Fsp3) is 0.250. The van der Waals surface area contributed by atoms with Crippen molar-refractivity contribution < 1.29 is 9.59 Å². The van der Waals surface area contributed by atoms with Crippen LogP contribution in [0.15, 0.2) is 17.1 Å². The van der Waals surface area contributed by atoms with Crippen LogP contribution in [0.5, 0.6) is 0 Å². The SMILES string of the molecule is NCC(=O)N(CC(N)=O)c1ccnc(=O)[nH]1. The summed E-state index contributed by atoms with van der Waals surface area (Å²) in [6, 6.07) is 1.37. The first-order valence-electron chi connectivity index (χ1n) is 4.38. The predicted molar refractivity (Wildman–Crippen MR) is 55.5 cm³/mol. The number of primary amides is 1. The van der Waals surface area contributed by atoms with Crippen LogP contribution in [0.2, 0.25) is 0 Å². The van der Waals surface area contributed by atoms with E-state index in [2.05, 4.69) is 9.97 Å². The molecule has 0 atom stereocenters. The molecule has 1 heterocycles. The molecule has 0 saturated heterocycles. The summed E-state index contributed by atoms with van der Waals surface area (Å²) >= 11 is 0. The van der Waals surface area contributed by atoms with Crippen molar-refractivity contribution in [3.8, 4) is 0 Å². The van der Waals surface area contributed by atoms with Gasteiger partial charge < -0.3 is 11.5 Å². The minimum absolute atomic E-state index is 0.134. The molecule has 0 aromatic carbocycles. The van der Waals surface area contributed by atoms with Gasteiger partial charge in [0.05, 0.1) is 6.54 Å². The van der Waals surface area contributed by atoms with Gasteiger partial charge in [-0.15, -0.1) is 0 Å². The van der Waals surface area contributed by atoms with E-state index in [9.17, 15) is 14.4 Å². The lowest BCUT2D eigenvalue weighted by atomic mass is 10.4. The van der Waals surface area contributed by atoms with Gasteiger partial charge in [-0.05, 0) is 6.07 Å². The number of H-pyrrole nitrogens is 1. The third-order valence-corrected chi connectivity index (χ3v) is 1.74. The van der Waals surface area contributed by atoms with Gasteiger partial charge in [0.25, 0.3) is 0 Å². The van der Waals surface area contributed by atoms with Crippen molar-refractivity contribution >= 4 is 17.6 Å². The number of nitrogens with one attached hydrogen (secondary N) is 1. The van der Waals surface area contributed by atoms with Crippen LogP contribution in [0.1, 0.15) is 0 Å². The van der Waals surface area contributed by atoms with Gasteiger partial charge in [0.15, 0.2) is 0 Å². The highest BCUT2D eigenvalue weighted by molar-refractivity contribution is 5.98. The molecule has 0 aliphatic heterocycles. The van der Waals surface area contributed by atoms with E-state index in [0.717, 1.165) is 4.90 Å². The van der Waals surface area contributed by atoms with Crippen LogP contribution in [0.25, 0.3) is 0 Å². The number of nitrogens with zero attached hydrogens (tertiary/aromatic N) is 2. The van der Waals surface area contributed by atoms with Gasteiger partial charge in [-0.2, -0.15) is 0 Å². The zero-order valence-corrected chi connectivity index (χ0v) is 8.34. The van der Waals surface area contributed by atoms with E-state index in [4.69, 9.17) is 11.5 Å². The minimum atomic E-state index is -0.709. The Morgan fingerprint density at radius 1 is 1.50 bits per heavy atom. The van der Waals surface area contributed by atoms with Crippen molar-refractivity contribution in [3.05, 3.63) is 22.7 Å². The van der Waals surface area contributed by atoms with Gasteiger partial charge in [-0.25, -0.2) is 9.78 Å². The van der Waals surface area contributed by atoms with E-state index >= 15 is 0 Å². The van der Waals surface area contributed by atoms with Gasteiger partial charge in [-0.1, -0.05) is 0 Å². The minimum Gasteiger partial charge on any atom is -0.368 e. The van der Waals surface area contributed by atoms with Gasteiger partial charge in [-0.3, -0.25) is 19.5 Å². The van der Waals surface area contributed by atoms with E-state index in [1.807, 2.05) is 0 Å². The number of nitrogens with two attached hydrogens (primary N) is 2. The molecule has 0 unspecified atom stereocenters. The molecule has 2 amide bonds. The number of carbonyl (C=O) groups excluding carboxylic acids is 2. The molecule has 16 heavy (non-hydrogen) atoms. The van der Waals surface area contributed by atoms with Crippen molar-refractivity contribution in [1.29, 1.82) is 0 Å². The molecule has 8 heteroatoms.